The first kappa shape index (κ1) is 15.5. The third-order valence-electron chi connectivity index (χ3n) is 4.74. The van der Waals surface area contributed by atoms with Crippen molar-refractivity contribution >= 4 is 0 Å². The Balaban J connectivity index is 1.99. The Bertz CT molecular complexity index is 422. The van der Waals surface area contributed by atoms with Gasteiger partial charge >= 0.3 is 0 Å². The van der Waals surface area contributed by atoms with Crippen LogP contribution in [0.2, 0.25) is 0 Å². The van der Waals surface area contributed by atoms with Crippen molar-refractivity contribution in [3.8, 4) is 0 Å². The molecule has 0 aliphatic heterocycles. The summed E-state index contributed by atoms with van der Waals surface area (Å²) < 4.78 is 5.47. The third kappa shape index (κ3) is 3.60. The summed E-state index contributed by atoms with van der Waals surface area (Å²) in [6.07, 6.45) is 5.83. The molecule has 114 valence electrons. The molecule has 1 N–H and O–H groups in total. The van der Waals surface area contributed by atoms with Gasteiger partial charge in [-0.05, 0) is 37.6 Å². The van der Waals surface area contributed by atoms with Crippen LogP contribution in [0.1, 0.15) is 71.0 Å². The van der Waals surface area contributed by atoms with Crippen LogP contribution in [0.5, 0.6) is 0 Å². The van der Waals surface area contributed by atoms with Crippen LogP contribution in [0.15, 0.2) is 4.52 Å². The second-order valence-corrected chi connectivity index (χ2v) is 7.24. The van der Waals surface area contributed by atoms with Crippen molar-refractivity contribution in [2.75, 3.05) is 7.05 Å². The Morgan fingerprint density at radius 2 is 2.10 bits per heavy atom. The lowest BCUT2D eigenvalue weighted by Gasteiger charge is -2.29. The van der Waals surface area contributed by atoms with E-state index in [9.17, 15) is 0 Å². The number of hydrogen-bond donors (Lipinski definition) is 1. The van der Waals surface area contributed by atoms with E-state index in [1.54, 1.807) is 0 Å². The van der Waals surface area contributed by atoms with E-state index >= 15 is 0 Å². The molecule has 2 rings (SSSR count). The monoisotopic (exact) mass is 279 g/mol. The summed E-state index contributed by atoms with van der Waals surface area (Å²) in [4.78, 5) is 4.64. The lowest BCUT2D eigenvalue weighted by Crippen LogP contribution is -2.39. The molecular formula is C16H29N3O. The van der Waals surface area contributed by atoms with Gasteiger partial charge in [0.05, 0.1) is 0 Å². The van der Waals surface area contributed by atoms with Crippen LogP contribution >= 0.6 is 0 Å². The molecule has 3 unspecified atom stereocenters. The van der Waals surface area contributed by atoms with Gasteiger partial charge in [0.1, 0.15) is 0 Å². The van der Waals surface area contributed by atoms with E-state index in [-0.39, 0.29) is 5.41 Å². The highest BCUT2D eigenvalue weighted by molar-refractivity contribution is 5.01. The van der Waals surface area contributed by atoms with Gasteiger partial charge in [-0.2, -0.15) is 4.98 Å². The molecule has 3 atom stereocenters. The molecule has 4 nitrogen and oxygen atoms in total. The lowest BCUT2D eigenvalue weighted by atomic mass is 9.85. The second kappa shape index (κ2) is 6.25. The summed E-state index contributed by atoms with van der Waals surface area (Å²) in [6.45, 7) is 8.96. The maximum absolute atomic E-state index is 5.47. The van der Waals surface area contributed by atoms with E-state index in [0.29, 0.717) is 12.0 Å². The fourth-order valence-electron chi connectivity index (χ4n) is 3.21. The Hall–Kier alpha value is -0.900. The van der Waals surface area contributed by atoms with Gasteiger partial charge in [-0.3, -0.25) is 0 Å². The van der Waals surface area contributed by atoms with Crippen molar-refractivity contribution in [2.45, 2.75) is 71.8 Å². The maximum Gasteiger partial charge on any atom is 0.228 e. The summed E-state index contributed by atoms with van der Waals surface area (Å²) in [5.41, 5.74) is 0.185. The van der Waals surface area contributed by atoms with E-state index < -0.39 is 0 Å². The fraction of sp³-hybridized carbons (Fsp3) is 0.875. The van der Waals surface area contributed by atoms with Crippen LogP contribution < -0.4 is 5.32 Å². The molecule has 1 saturated carbocycles. The highest BCUT2D eigenvalue weighted by atomic mass is 16.5. The van der Waals surface area contributed by atoms with Crippen LogP contribution in [0, 0.1) is 11.3 Å². The van der Waals surface area contributed by atoms with E-state index in [2.05, 4.69) is 43.2 Å². The second-order valence-electron chi connectivity index (χ2n) is 7.24. The number of hydrogen-bond acceptors (Lipinski definition) is 4. The van der Waals surface area contributed by atoms with Gasteiger partial charge in [-0.15, -0.1) is 0 Å². The predicted octanol–water partition coefficient (Wildman–Crippen LogP) is 3.54. The van der Waals surface area contributed by atoms with Crippen molar-refractivity contribution in [2.24, 2.45) is 11.3 Å². The first-order valence-electron chi connectivity index (χ1n) is 7.93. The molecule has 1 heterocycles. The zero-order chi connectivity index (χ0) is 14.8. The Labute approximate surface area is 122 Å². The lowest BCUT2D eigenvalue weighted by molar-refractivity contribution is 0.255. The molecule has 1 aliphatic rings. The molecule has 0 amide bonds. The summed E-state index contributed by atoms with van der Waals surface area (Å²) >= 11 is 0. The van der Waals surface area contributed by atoms with Crippen molar-refractivity contribution < 1.29 is 4.52 Å². The predicted molar refractivity (Wildman–Crippen MR) is 80.7 cm³/mol. The van der Waals surface area contributed by atoms with Crippen LogP contribution in [0.25, 0.3) is 0 Å². The fourth-order valence-corrected chi connectivity index (χ4v) is 3.21. The Morgan fingerprint density at radius 3 is 2.65 bits per heavy atom. The van der Waals surface area contributed by atoms with Gasteiger partial charge in [-0.1, -0.05) is 39.3 Å². The molecule has 0 bridgehead atoms. The first-order chi connectivity index (χ1) is 9.44. The van der Waals surface area contributed by atoms with Crippen LogP contribution in [-0.2, 0) is 6.42 Å². The molecule has 4 heteroatoms. The first-order valence-corrected chi connectivity index (χ1v) is 7.93. The van der Waals surface area contributed by atoms with Crippen molar-refractivity contribution in [1.29, 1.82) is 0 Å². The third-order valence-corrected chi connectivity index (χ3v) is 4.74. The summed E-state index contributed by atoms with van der Waals surface area (Å²) in [7, 11) is 2.00. The highest BCUT2D eigenvalue weighted by Gasteiger charge is 2.30. The molecule has 1 fully saturated rings. The molecular weight excluding hydrogens is 250 g/mol. The highest BCUT2D eigenvalue weighted by Crippen LogP contribution is 2.38. The normalized spacial score (nSPS) is 25.1. The van der Waals surface area contributed by atoms with Crippen molar-refractivity contribution in [1.82, 2.24) is 15.5 Å². The molecule has 0 spiro atoms. The molecule has 20 heavy (non-hydrogen) atoms. The van der Waals surface area contributed by atoms with Gasteiger partial charge in [0.2, 0.25) is 5.89 Å². The van der Waals surface area contributed by atoms with Crippen LogP contribution in [-0.4, -0.2) is 23.2 Å². The van der Waals surface area contributed by atoms with E-state index in [1.807, 2.05) is 7.05 Å². The molecule has 0 saturated heterocycles. The maximum atomic E-state index is 5.47. The van der Waals surface area contributed by atoms with Gasteiger partial charge in [0.15, 0.2) is 5.82 Å². The summed E-state index contributed by atoms with van der Waals surface area (Å²) in [6, 6.07) is 0.350. The molecule has 1 aliphatic carbocycles. The van der Waals surface area contributed by atoms with E-state index in [1.165, 1.54) is 25.7 Å². The largest absolute Gasteiger partial charge is 0.339 e. The minimum absolute atomic E-state index is 0.185. The molecule has 1 aromatic rings. The molecule has 0 aromatic carbocycles. The topological polar surface area (TPSA) is 51.0 Å². The Kier molecular flexibility index (Phi) is 4.84. The Morgan fingerprint density at radius 1 is 1.35 bits per heavy atom. The van der Waals surface area contributed by atoms with Gasteiger partial charge < -0.3 is 9.84 Å². The zero-order valence-electron chi connectivity index (χ0n) is 13.6. The summed E-state index contributed by atoms with van der Waals surface area (Å²) in [5.74, 6) is 3.07. The smallest absolute Gasteiger partial charge is 0.228 e. The quantitative estimate of drug-likeness (QED) is 0.895. The number of nitrogens with zero attached hydrogens (tertiary/aromatic N) is 2. The average molecular weight is 279 g/mol. The minimum Gasteiger partial charge on any atom is -0.339 e. The van der Waals surface area contributed by atoms with Gasteiger partial charge in [-0.25, -0.2) is 0 Å². The van der Waals surface area contributed by atoms with Crippen LogP contribution in [0.4, 0.5) is 0 Å². The SMILES string of the molecule is CCC1CCC(c2noc(CC(NC)C(C)(C)C)n2)C1. The van der Waals surface area contributed by atoms with E-state index in [0.717, 1.165) is 24.1 Å². The van der Waals surface area contributed by atoms with Crippen molar-refractivity contribution in [3.63, 3.8) is 0 Å². The molecule has 1 aromatic heterocycles. The number of rotatable bonds is 5. The standard InChI is InChI=1S/C16H29N3O/c1-6-11-7-8-12(9-11)15-18-14(20-19-15)10-13(17-5)16(2,3)4/h11-13,17H,6-10H2,1-5H3. The number of aromatic nitrogens is 2. The van der Waals surface area contributed by atoms with Gasteiger partial charge in [0, 0.05) is 18.4 Å². The number of likely N-dealkylation sites (N-methyl/N-ethyl adjacent to an activating group) is 1. The minimum atomic E-state index is 0.185. The average Bonchev–Trinajstić information content (AvgIpc) is 3.02. The van der Waals surface area contributed by atoms with Crippen molar-refractivity contribution in [3.05, 3.63) is 11.7 Å². The number of nitrogens with one attached hydrogen (secondary N) is 1. The molecule has 0 radical (unpaired) electrons. The van der Waals surface area contributed by atoms with E-state index in [4.69, 9.17) is 4.52 Å². The summed E-state index contributed by atoms with van der Waals surface area (Å²) in [5, 5.41) is 7.58. The van der Waals surface area contributed by atoms with Crippen LogP contribution in [0.3, 0.4) is 0 Å². The zero-order valence-corrected chi connectivity index (χ0v) is 13.6. The van der Waals surface area contributed by atoms with Gasteiger partial charge in [0.25, 0.3) is 0 Å².